The number of aliphatic hydroxyl groups excluding tert-OH is 1. The Kier molecular flexibility index (Phi) is 3.34. The number of thioether (sulfide) groups is 1. The van der Waals surface area contributed by atoms with Gasteiger partial charge < -0.3 is 9.67 Å². The molecule has 79 valence electrons. The second-order valence-corrected chi connectivity index (χ2v) is 4.82. The first-order valence-electron chi connectivity index (χ1n) is 5.02. The van der Waals surface area contributed by atoms with Crippen molar-refractivity contribution in [2.45, 2.75) is 12.3 Å². The zero-order chi connectivity index (χ0) is 10.7. The van der Waals surface area contributed by atoms with Gasteiger partial charge in [0.15, 0.2) is 0 Å². The van der Waals surface area contributed by atoms with Crippen molar-refractivity contribution in [1.82, 2.24) is 4.57 Å². The summed E-state index contributed by atoms with van der Waals surface area (Å²) in [4.78, 5) is 0. The van der Waals surface area contributed by atoms with Gasteiger partial charge in [-0.3, -0.25) is 0 Å². The Morgan fingerprint density at radius 3 is 3.07 bits per heavy atom. The quantitative estimate of drug-likeness (QED) is 0.857. The van der Waals surface area contributed by atoms with Crippen LogP contribution in [0.15, 0.2) is 30.5 Å². The zero-order valence-corrected chi connectivity index (χ0v) is 9.50. The van der Waals surface area contributed by atoms with Crippen LogP contribution >= 0.6 is 11.8 Å². The van der Waals surface area contributed by atoms with Gasteiger partial charge in [0.1, 0.15) is 0 Å². The molecule has 1 radical (unpaired) electrons. The van der Waals surface area contributed by atoms with Crippen molar-refractivity contribution in [2.75, 3.05) is 12.4 Å². The smallest absolute Gasteiger partial charge is 0.0766 e. The van der Waals surface area contributed by atoms with Gasteiger partial charge in [0.25, 0.3) is 0 Å². The van der Waals surface area contributed by atoms with Crippen molar-refractivity contribution < 1.29 is 5.11 Å². The van der Waals surface area contributed by atoms with Crippen LogP contribution in [0, 0.1) is 6.07 Å². The van der Waals surface area contributed by atoms with Crippen molar-refractivity contribution in [3.8, 4) is 0 Å². The Labute approximate surface area is 93.9 Å². The van der Waals surface area contributed by atoms with E-state index >= 15 is 0 Å². The van der Waals surface area contributed by atoms with Gasteiger partial charge in [-0.25, -0.2) is 0 Å². The Morgan fingerprint density at radius 2 is 2.27 bits per heavy atom. The molecule has 1 unspecified atom stereocenters. The van der Waals surface area contributed by atoms with Gasteiger partial charge in [-0.05, 0) is 13.0 Å². The number of hydrogen-bond acceptors (Lipinski definition) is 2. The van der Waals surface area contributed by atoms with Crippen LogP contribution in [0.1, 0.15) is 12.3 Å². The van der Waals surface area contributed by atoms with E-state index in [-0.39, 0.29) is 6.61 Å². The molecule has 1 aromatic heterocycles. The van der Waals surface area contributed by atoms with Gasteiger partial charge in [-0.1, -0.05) is 18.2 Å². The molecule has 2 nitrogen and oxygen atoms in total. The molecule has 2 rings (SSSR count). The first-order chi connectivity index (χ1) is 7.33. The van der Waals surface area contributed by atoms with Gasteiger partial charge in [0.2, 0.25) is 0 Å². The van der Waals surface area contributed by atoms with Crippen LogP contribution in [0.2, 0.25) is 0 Å². The van der Waals surface area contributed by atoms with Crippen LogP contribution in [-0.4, -0.2) is 22.0 Å². The van der Waals surface area contributed by atoms with Gasteiger partial charge in [-0.2, -0.15) is 0 Å². The Hall–Kier alpha value is -0.930. The number of aromatic nitrogens is 1. The summed E-state index contributed by atoms with van der Waals surface area (Å²) >= 11 is 1.74. The van der Waals surface area contributed by atoms with E-state index in [0.717, 1.165) is 11.1 Å². The minimum atomic E-state index is 0.234. The molecular formula is C12H14NOS. The molecule has 2 aromatic rings. The second kappa shape index (κ2) is 4.73. The number of rotatable bonds is 4. The fraction of sp³-hybridized carbons (Fsp3) is 0.333. The molecule has 0 saturated carbocycles. The summed E-state index contributed by atoms with van der Waals surface area (Å²) < 4.78 is 2.19. The lowest BCUT2D eigenvalue weighted by Gasteiger charge is -2.13. The van der Waals surface area contributed by atoms with Gasteiger partial charge in [0, 0.05) is 28.9 Å². The van der Waals surface area contributed by atoms with E-state index in [1.807, 2.05) is 18.3 Å². The number of fused-ring (bicyclic) bond motifs is 1. The van der Waals surface area contributed by atoms with Gasteiger partial charge in [-0.15, -0.1) is 11.8 Å². The largest absolute Gasteiger partial charge is 0.396 e. The minimum Gasteiger partial charge on any atom is -0.396 e. The topological polar surface area (TPSA) is 25.2 Å². The van der Waals surface area contributed by atoms with E-state index in [4.69, 9.17) is 5.11 Å². The number of para-hydroxylation sites is 1. The summed E-state index contributed by atoms with van der Waals surface area (Å²) in [6, 6.07) is 11.5. The maximum Gasteiger partial charge on any atom is 0.0766 e. The fourth-order valence-corrected chi connectivity index (χ4v) is 2.42. The van der Waals surface area contributed by atoms with Gasteiger partial charge in [0.05, 0.1) is 12.0 Å². The standard InChI is InChI=1S/C12H14NOS/c1-10(15-9-8-14)13-7-6-11-4-2-3-5-12(11)13/h2-5,7,10,14H,8-9H2,1H3. The monoisotopic (exact) mass is 220 g/mol. The average Bonchev–Trinajstić information content (AvgIpc) is 2.69. The summed E-state index contributed by atoms with van der Waals surface area (Å²) in [6.07, 6.45) is 1.99. The lowest BCUT2D eigenvalue weighted by Crippen LogP contribution is -2.01. The van der Waals surface area contributed by atoms with E-state index in [9.17, 15) is 0 Å². The lowest BCUT2D eigenvalue weighted by molar-refractivity contribution is 0.322. The lowest BCUT2D eigenvalue weighted by atomic mass is 10.2. The van der Waals surface area contributed by atoms with Crippen molar-refractivity contribution in [1.29, 1.82) is 0 Å². The highest BCUT2D eigenvalue weighted by molar-refractivity contribution is 7.99. The Bertz CT molecular complexity index is 438. The highest BCUT2D eigenvalue weighted by atomic mass is 32.2. The Balaban J connectivity index is 2.27. The molecule has 3 heteroatoms. The Morgan fingerprint density at radius 1 is 1.47 bits per heavy atom. The van der Waals surface area contributed by atoms with E-state index in [1.165, 1.54) is 5.52 Å². The van der Waals surface area contributed by atoms with Crippen LogP contribution in [0.25, 0.3) is 10.9 Å². The maximum absolute atomic E-state index is 8.79. The molecule has 0 spiro atoms. The number of hydrogen-bond donors (Lipinski definition) is 1. The van der Waals surface area contributed by atoms with Crippen LogP contribution in [0.3, 0.4) is 0 Å². The molecule has 0 bridgehead atoms. The second-order valence-electron chi connectivity index (χ2n) is 3.39. The third-order valence-electron chi connectivity index (χ3n) is 2.38. The van der Waals surface area contributed by atoms with Crippen LogP contribution in [0.5, 0.6) is 0 Å². The molecule has 0 aliphatic rings. The molecular weight excluding hydrogens is 206 g/mol. The summed E-state index contributed by atoms with van der Waals surface area (Å²) in [6.45, 7) is 2.37. The average molecular weight is 220 g/mol. The van der Waals surface area contributed by atoms with Gasteiger partial charge >= 0.3 is 0 Å². The normalized spacial score (nSPS) is 13.2. The summed E-state index contributed by atoms with van der Waals surface area (Å²) in [5, 5.41) is 10.3. The molecule has 0 aliphatic heterocycles. The zero-order valence-electron chi connectivity index (χ0n) is 8.68. The van der Waals surface area contributed by atoms with Crippen LogP contribution < -0.4 is 0 Å². The number of benzene rings is 1. The molecule has 1 atom stereocenters. The minimum absolute atomic E-state index is 0.234. The first kappa shape index (κ1) is 10.6. The van der Waals surface area contributed by atoms with Crippen molar-refractivity contribution in [2.24, 2.45) is 0 Å². The SMILES string of the molecule is CC(SCCO)n1c[c]c2ccccc21. The summed E-state index contributed by atoms with van der Waals surface area (Å²) in [5.41, 5.74) is 1.20. The number of nitrogens with zero attached hydrogens (tertiary/aromatic N) is 1. The molecule has 0 aliphatic carbocycles. The van der Waals surface area contributed by atoms with E-state index in [0.29, 0.717) is 5.37 Å². The van der Waals surface area contributed by atoms with Crippen LogP contribution in [-0.2, 0) is 0 Å². The summed E-state index contributed by atoms with van der Waals surface area (Å²) in [7, 11) is 0. The molecule has 1 heterocycles. The molecule has 0 saturated heterocycles. The predicted octanol–water partition coefficient (Wildman–Crippen LogP) is 2.69. The molecule has 1 N–H and O–H groups in total. The highest BCUT2D eigenvalue weighted by Gasteiger charge is 2.07. The number of aliphatic hydroxyl groups is 1. The molecule has 0 amide bonds. The highest BCUT2D eigenvalue weighted by Crippen LogP contribution is 2.26. The van der Waals surface area contributed by atoms with Crippen molar-refractivity contribution in [3.63, 3.8) is 0 Å². The van der Waals surface area contributed by atoms with Crippen molar-refractivity contribution >= 4 is 22.7 Å². The first-order valence-corrected chi connectivity index (χ1v) is 6.07. The summed E-state index contributed by atoms with van der Waals surface area (Å²) in [5.74, 6) is 0.772. The van der Waals surface area contributed by atoms with E-state index in [1.54, 1.807) is 11.8 Å². The van der Waals surface area contributed by atoms with Crippen LogP contribution in [0.4, 0.5) is 0 Å². The molecule has 15 heavy (non-hydrogen) atoms. The van der Waals surface area contributed by atoms with E-state index in [2.05, 4.69) is 29.7 Å². The fourth-order valence-electron chi connectivity index (χ4n) is 1.63. The maximum atomic E-state index is 8.79. The third kappa shape index (κ3) is 2.19. The molecule has 1 aromatic carbocycles. The van der Waals surface area contributed by atoms with Crippen molar-refractivity contribution in [3.05, 3.63) is 36.5 Å². The molecule has 0 fully saturated rings. The predicted molar refractivity (Wildman–Crippen MR) is 65.0 cm³/mol. The van der Waals surface area contributed by atoms with E-state index < -0.39 is 0 Å². The third-order valence-corrected chi connectivity index (χ3v) is 3.51.